The largest absolute Gasteiger partial charge is 0.389 e. The van der Waals surface area contributed by atoms with E-state index in [9.17, 15) is 0 Å². The molecule has 2 N–H and O–H groups in total. The smallest absolute Gasteiger partial charge is 0.139 e. The Labute approximate surface area is 108 Å². The van der Waals surface area contributed by atoms with Crippen molar-refractivity contribution >= 4 is 23.0 Å². The molecule has 2 heterocycles. The number of nitrogens with zero attached hydrogens (tertiary/aromatic N) is 2. The summed E-state index contributed by atoms with van der Waals surface area (Å²) in [5.74, 6) is 1.73. The van der Waals surface area contributed by atoms with Crippen LogP contribution in [0.2, 0.25) is 0 Å². The third kappa shape index (κ3) is 2.57. The van der Waals surface area contributed by atoms with Crippen LogP contribution in [0.25, 0.3) is 0 Å². The quantitative estimate of drug-likeness (QED) is 0.817. The fraction of sp³-hybridized carbons (Fsp3) is 0.538. The van der Waals surface area contributed by atoms with Gasteiger partial charge in [-0.1, -0.05) is 19.1 Å². The predicted octanol–water partition coefficient (Wildman–Crippen LogP) is 2.34. The van der Waals surface area contributed by atoms with Crippen molar-refractivity contribution in [2.24, 2.45) is 11.7 Å². The van der Waals surface area contributed by atoms with Gasteiger partial charge in [-0.05, 0) is 37.8 Å². The Morgan fingerprint density at radius 1 is 1.53 bits per heavy atom. The standard InChI is InChI=1S/C13H19N3S/c1-9-5-7-16(10(2)8-9)13-11(12(14)17)4-3-6-15-13/h3-4,6,9-10H,5,7-8H2,1-2H3,(H2,14,17). The van der Waals surface area contributed by atoms with Crippen LogP contribution in [0.1, 0.15) is 32.3 Å². The number of piperidine rings is 1. The van der Waals surface area contributed by atoms with Crippen LogP contribution in [0.15, 0.2) is 18.3 Å². The fourth-order valence-corrected chi connectivity index (χ4v) is 2.70. The van der Waals surface area contributed by atoms with Crippen LogP contribution in [0.5, 0.6) is 0 Å². The highest BCUT2D eigenvalue weighted by atomic mass is 32.1. The SMILES string of the molecule is CC1CCN(c2ncccc2C(N)=S)C(C)C1. The minimum atomic E-state index is 0.430. The van der Waals surface area contributed by atoms with Crippen LogP contribution in [0, 0.1) is 5.92 Å². The first-order valence-electron chi connectivity index (χ1n) is 6.11. The molecule has 1 aliphatic heterocycles. The van der Waals surface area contributed by atoms with Gasteiger partial charge in [-0.25, -0.2) is 4.98 Å². The molecule has 3 nitrogen and oxygen atoms in total. The van der Waals surface area contributed by atoms with E-state index in [1.807, 2.05) is 18.3 Å². The van der Waals surface area contributed by atoms with E-state index in [1.54, 1.807) is 0 Å². The van der Waals surface area contributed by atoms with Crippen LogP contribution >= 0.6 is 12.2 Å². The molecule has 0 aromatic carbocycles. The van der Waals surface area contributed by atoms with E-state index in [4.69, 9.17) is 18.0 Å². The predicted molar refractivity (Wildman–Crippen MR) is 75.3 cm³/mol. The first-order valence-corrected chi connectivity index (χ1v) is 6.52. The summed E-state index contributed by atoms with van der Waals surface area (Å²) in [4.78, 5) is 7.21. The van der Waals surface area contributed by atoms with Gasteiger partial charge in [0.15, 0.2) is 0 Å². The van der Waals surface area contributed by atoms with Gasteiger partial charge in [0.05, 0.1) is 5.56 Å². The molecule has 0 spiro atoms. The third-order valence-electron chi connectivity index (χ3n) is 3.46. The third-order valence-corrected chi connectivity index (χ3v) is 3.68. The molecule has 2 unspecified atom stereocenters. The van der Waals surface area contributed by atoms with E-state index in [0.717, 1.165) is 23.8 Å². The van der Waals surface area contributed by atoms with E-state index in [1.165, 1.54) is 12.8 Å². The van der Waals surface area contributed by atoms with E-state index < -0.39 is 0 Å². The average molecular weight is 249 g/mol. The number of aromatic nitrogens is 1. The maximum atomic E-state index is 5.76. The van der Waals surface area contributed by atoms with Gasteiger partial charge in [-0.3, -0.25) is 0 Å². The van der Waals surface area contributed by atoms with Crippen molar-refractivity contribution in [2.75, 3.05) is 11.4 Å². The number of anilines is 1. The topological polar surface area (TPSA) is 42.2 Å². The van der Waals surface area contributed by atoms with Crippen molar-refractivity contribution in [3.8, 4) is 0 Å². The summed E-state index contributed by atoms with van der Waals surface area (Å²) in [5.41, 5.74) is 6.65. The maximum Gasteiger partial charge on any atom is 0.139 e. The number of nitrogens with two attached hydrogens (primary N) is 1. The van der Waals surface area contributed by atoms with Crippen molar-refractivity contribution in [2.45, 2.75) is 32.7 Å². The molecule has 4 heteroatoms. The molecule has 2 atom stereocenters. The lowest BCUT2D eigenvalue weighted by molar-refractivity contribution is 0.376. The first kappa shape index (κ1) is 12.3. The molecule has 1 fully saturated rings. The summed E-state index contributed by atoms with van der Waals surface area (Å²) in [6, 6.07) is 4.34. The highest BCUT2D eigenvalue weighted by Crippen LogP contribution is 2.28. The highest BCUT2D eigenvalue weighted by molar-refractivity contribution is 7.80. The van der Waals surface area contributed by atoms with Gasteiger partial charge in [0, 0.05) is 18.8 Å². The second kappa shape index (κ2) is 5.00. The lowest BCUT2D eigenvalue weighted by Gasteiger charge is -2.38. The summed E-state index contributed by atoms with van der Waals surface area (Å²) >= 11 is 5.09. The molecule has 0 aliphatic carbocycles. The molecule has 92 valence electrons. The molecular weight excluding hydrogens is 230 g/mol. The van der Waals surface area contributed by atoms with Crippen molar-refractivity contribution in [1.29, 1.82) is 0 Å². The van der Waals surface area contributed by atoms with Crippen LogP contribution in [0.3, 0.4) is 0 Å². The summed E-state index contributed by atoms with van der Waals surface area (Å²) < 4.78 is 0. The highest BCUT2D eigenvalue weighted by Gasteiger charge is 2.25. The molecule has 1 aromatic rings. The van der Waals surface area contributed by atoms with E-state index >= 15 is 0 Å². The molecule has 0 saturated carbocycles. The van der Waals surface area contributed by atoms with Crippen molar-refractivity contribution in [3.05, 3.63) is 23.9 Å². The molecule has 0 radical (unpaired) electrons. The Morgan fingerprint density at radius 2 is 2.29 bits per heavy atom. The lowest BCUT2D eigenvalue weighted by atomic mass is 9.93. The zero-order valence-corrected chi connectivity index (χ0v) is 11.2. The average Bonchev–Trinajstić information content (AvgIpc) is 2.29. The summed E-state index contributed by atoms with van der Waals surface area (Å²) in [7, 11) is 0. The van der Waals surface area contributed by atoms with Gasteiger partial charge in [0.25, 0.3) is 0 Å². The van der Waals surface area contributed by atoms with Gasteiger partial charge in [-0.2, -0.15) is 0 Å². The van der Waals surface area contributed by atoms with Crippen LogP contribution in [0.4, 0.5) is 5.82 Å². The Balaban J connectivity index is 2.30. The second-order valence-corrected chi connectivity index (χ2v) is 5.35. The summed E-state index contributed by atoms with van der Waals surface area (Å²) in [5, 5.41) is 0. The van der Waals surface area contributed by atoms with Crippen molar-refractivity contribution in [3.63, 3.8) is 0 Å². The number of pyridine rings is 1. The lowest BCUT2D eigenvalue weighted by Crippen LogP contribution is -2.41. The normalized spacial score (nSPS) is 24.7. The van der Waals surface area contributed by atoms with Crippen LogP contribution < -0.4 is 10.6 Å². The van der Waals surface area contributed by atoms with E-state index in [-0.39, 0.29) is 0 Å². The van der Waals surface area contributed by atoms with Gasteiger partial charge >= 0.3 is 0 Å². The first-order chi connectivity index (χ1) is 8.09. The van der Waals surface area contributed by atoms with Crippen LogP contribution in [-0.4, -0.2) is 22.6 Å². The molecule has 0 bridgehead atoms. The van der Waals surface area contributed by atoms with Gasteiger partial charge in [-0.15, -0.1) is 0 Å². The minimum absolute atomic E-state index is 0.430. The summed E-state index contributed by atoms with van der Waals surface area (Å²) in [6.45, 7) is 5.59. The molecule has 17 heavy (non-hydrogen) atoms. The summed E-state index contributed by atoms with van der Waals surface area (Å²) in [6.07, 6.45) is 4.22. The van der Waals surface area contributed by atoms with Gasteiger partial charge in [0.2, 0.25) is 0 Å². The van der Waals surface area contributed by atoms with Crippen LogP contribution in [-0.2, 0) is 0 Å². The molecule has 0 amide bonds. The second-order valence-electron chi connectivity index (χ2n) is 4.91. The molecule has 1 aromatic heterocycles. The van der Waals surface area contributed by atoms with Gasteiger partial charge in [0.1, 0.15) is 10.8 Å². The molecule has 2 rings (SSSR count). The monoisotopic (exact) mass is 249 g/mol. The Morgan fingerprint density at radius 3 is 2.94 bits per heavy atom. The molecule has 1 saturated heterocycles. The maximum absolute atomic E-state index is 5.76. The molecule has 1 aliphatic rings. The number of hydrogen-bond acceptors (Lipinski definition) is 3. The zero-order valence-electron chi connectivity index (χ0n) is 10.4. The zero-order chi connectivity index (χ0) is 12.4. The van der Waals surface area contributed by atoms with E-state index in [0.29, 0.717) is 11.0 Å². The Hall–Kier alpha value is -1.16. The fourth-order valence-electron chi connectivity index (χ4n) is 2.54. The number of hydrogen-bond donors (Lipinski definition) is 1. The minimum Gasteiger partial charge on any atom is -0.389 e. The van der Waals surface area contributed by atoms with Crippen molar-refractivity contribution < 1.29 is 0 Å². The van der Waals surface area contributed by atoms with Gasteiger partial charge < -0.3 is 10.6 Å². The Kier molecular flexibility index (Phi) is 3.62. The Bertz CT molecular complexity index is 419. The van der Waals surface area contributed by atoms with Crippen molar-refractivity contribution in [1.82, 2.24) is 4.98 Å². The number of thiocarbonyl (C=S) groups is 1. The number of rotatable bonds is 2. The molecular formula is C13H19N3S. The van der Waals surface area contributed by atoms with E-state index in [2.05, 4.69) is 23.7 Å².